The highest BCUT2D eigenvalue weighted by atomic mass is 79.9. The zero-order valence-corrected chi connectivity index (χ0v) is 8.70. The maximum absolute atomic E-state index is 5.26. The molecule has 0 aliphatic carbocycles. The van der Waals surface area contributed by atoms with Crippen molar-refractivity contribution in [3.05, 3.63) is 17.0 Å². The largest absolute Gasteiger partial charge is 0.378 e. The van der Waals surface area contributed by atoms with Crippen LogP contribution in [0.1, 0.15) is 0 Å². The molecule has 0 unspecified atom stereocenters. The Morgan fingerprint density at radius 1 is 1.23 bits per heavy atom. The van der Waals surface area contributed by atoms with Gasteiger partial charge in [-0.05, 0) is 15.9 Å². The molecular formula is C8H10BrN3O. The van der Waals surface area contributed by atoms with Gasteiger partial charge in [-0.3, -0.25) is 0 Å². The Morgan fingerprint density at radius 3 is 2.62 bits per heavy atom. The van der Waals surface area contributed by atoms with Crippen molar-refractivity contribution in [1.82, 2.24) is 9.97 Å². The summed E-state index contributed by atoms with van der Waals surface area (Å²) in [5, 5.41) is 0. The molecule has 1 aliphatic rings. The van der Waals surface area contributed by atoms with E-state index in [4.69, 9.17) is 4.74 Å². The van der Waals surface area contributed by atoms with Crippen molar-refractivity contribution in [3.63, 3.8) is 0 Å². The van der Waals surface area contributed by atoms with Crippen molar-refractivity contribution in [3.8, 4) is 0 Å². The molecule has 0 amide bonds. The summed E-state index contributed by atoms with van der Waals surface area (Å²) < 4.78 is 6.06. The van der Waals surface area contributed by atoms with E-state index >= 15 is 0 Å². The van der Waals surface area contributed by atoms with Crippen LogP contribution in [0, 0.1) is 0 Å². The average Bonchev–Trinajstić information content (AvgIpc) is 2.20. The Hall–Kier alpha value is -0.680. The standard InChI is InChI=1S/C8H10BrN3O/c9-7-8(11-2-1-10-7)12-3-5-13-6-4-12/h1-2H,3-6H2. The molecule has 0 bridgehead atoms. The fourth-order valence-corrected chi connectivity index (χ4v) is 1.77. The van der Waals surface area contributed by atoms with Crippen molar-refractivity contribution in [2.45, 2.75) is 0 Å². The molecule has 1 fully saturated rings. The average molecular weight is 244 g/mol. The molecule has 2 heterocycles. The predicted molar refractivity (Wildman–Crippen MR) is 52.8 cm³/mol. The molecule has 1 aliphatic heterocycles. The molecule has 1 saturated heterocycles. The molecule has 0 spiro atoms. The SMILES string of the molecule is Brc1nccnc1N1CCOCC1. The van der Waals surface area contributed by atoms with Gasteiger partial charge >= 0.3 is 0 Å². The highest BCUT2D eigenvalue weighted by Gasteiger charge is 2.14. The number of ether oxygens (including phenoxy) is 1. The maximum Gasteiger partial charge on any atom is 0.162 e. The first kappa shape index (κ1) is 8.90. The van der Waals surface area contributed by atoms with Crippen LogP contribution < -0.4 is 4.90 Å². The number of nitrogens with zero attached hydrogens (tertiary/aromatic N) is 3. The lowest BCUT2D eigenvalue weighted by molar-refractivity contribution is 0.122. The number of hydrogen-bond donors (Lipinski definition) is 0. The molecule has 5 heteroatoms. The van der Waals surface area contributed by atoms with Crippen molar-refractivity contribution < 1.29 is 4.74 Å². The monoisotopic (exact) mass is 243 g/mol. The molecule has 1 aromatic heterocycles. The zero-order valence-electron chi connectivity index (χ0n) is 7.11. The van der Waals surface area contributed by atoms with Crippen LogP contribution in [-0.4, -0.2) is 36.3 Å². The van der Waals surface area contributed by atoms with Gasteiger partial charge in [-0.1, -0.05) is 0 Å². The third-order valence-electron chi connectivity index (χ3n) is 1.95. The number of hydrogen-bond acceptors (Lipinski definition) is 4. The summed E-state index contributed by atoms with van der Waals surface area (Å²) in [6.45, 7) is 3.31. The van der Waals surface area contributed by atoms with Crippen LogP contribution in [0.25, 0.3) is 0 Å². The fourth-order valence-electron chi connectivity index (χ4n) is 1.30. The smallest absolute Gasteiger partial charge is 0.162 e. The molecule has 2 rings (SSSR count). The topological polar surface area (TPSA) is 38.2 Å². The Bertz CT molecular complexity index is 288. The van der Waals surface area contributed by atoms with E-state index in [1.165, 1.54) is 0 Å². The second-order valence-electron chi connectivity index (χ2n) is 2.77. The van der Waals surface area contributed by atoms with Gasteiger partial charge < -0.3 is 9.64 Å². The minimum Gasteiger partial charge on any atom is -0.378 e. The molecule has 0 radical (unpaired) electrons. The zero-order chi connectivity index (χ0) is 9.10. The number of morpholine rings is 1. The van der Waals surface area contributed by atoms with E-state index < -0.39 is 0 Å². The lowest BCUT2D eigenvalue weighted by atomic mass is 10.4. The first-order valence-electron chi connectivity index (χ1n) is 4.17. The predicted octanol–water partition coefficient (Wildman–Crippen LogP) is 1.08. The van der Waals surface area contributed by atoms with Crippen LogP contribution in [0.3, 0.4) is 0 Å². The summed E-state index contributed by atoms with van der Waals surface area (Å²) in [6, 6.07) is 0. The molecule has 0 N–H and O–H groups in total. The summed E-state index contributed by atoms with van der Waals surface area (Å²) in [7, 11) is 0. The van der Waals surface area contributed by atoms with Crippen LogP contribution in [-0.2, 0) is 4.74 Å². The van der Waals surface area contributed by atoms with Gasteiger partial charge in [0.05, 0.1) is 13.2 Å². The van der Waals surface area contributed by atoms with Gasteiger partial charge in [-0.25, -0.2) is 9.97 Å². The van der Waals surface area contributed by atoms with Gasteiger partial charge in [0.15, 0.2) is 5.82 Å². The lowest BCUT2D eigenvalue weighted by Crippen LogP contribution is -2.37. The third kappa shape index (κ3) is 1.97. The summed E-state index contributed by atoms with van der Waals surface area (Å²) in [5.74, 6) is 0.908. The lowest BCUT2D eigenvalue weighted by Gasteiger charge is -2.27. The van der Waals surface area contributed by atoms with Crippen LogP contribution in [0.2, 0.25) is 0 Å². The van der Waals surface area contributed by atoms with Gasteiger partial charge in [-0.2, -0.15) is 0 Å². The highest BCUT2D eigenvalue weighted by Crippen LogP contribution is 2.20. The Balaban J connectivity index is 2.18. The summed E-state index contributed by atoms with van der Waals surface area (Å²) >= 11 is 3.38. The first-order valence-corrected chi connectivity index (χ1v) is 4.96. The summed E-state index contributed by atoms with van der Waals surface area (Å²) in [5.41, 5.74) is 0. The minimum absolute atomic E-state index is 0.767. The second kappa shape index (κ2) is 4.02. The summed E-state index contributed by atoms with van der Waals surface area (Å²) in [6.07, 6.45) is 3.38. The van der Waals surface area contributed by atoms with E-state index in [1.807, 2.05) is 0 Å². The third-order valence-corrected chi connectivity index (χ3v) is 2.51. The molecular weight excluding hydrogens is 234 g/mol. The maximum atomic E-state index is 5.26. The molecule has 70 valence electrons. The second-order valence-corrected chi connectivity index (χ2v) is 3.52. The van der Waals surface area contributed by atoms with E-state index in [0.717, 1.165) is 36.7 Å². The van der Waals surface area contributed by atoms with E-state index in [-0.39, 0.29) is 0 Å². The fraction of sp³-hybridized carbons (Fsp3) is 0.500. The van der Waals surface area contributed by atoms with Crippen LogP contribution >= 0.6 is 15.9 Å². The molecule has 0 atom stereocenters. The molecule has 0 saturated carbocycles. The van der Waals surface area contributed by atoms with Gasteiger partial charge in [0.1, 0.15) is 4.60 Å². The van der Waals surface area contributed by atoms with Gasteiger partial charge in [-0.15, -0.1) is 0 Å². The van der Waals surface area contributed by atoms with Crippen molar-refractivity contribution in [1.29, 1.82) is 0 Å². The van der Waals surface area contributed by atoms with E-state index in [9.17, 15) is 0 Å². The van der Waals surface area contributed by atoms with Crippen LogP contribution in [0.5, 0.6) is 0 Å². The molecule has 13 heavy (non-hydrogen) atoms. The number of anilines is 1. The van der Waals surface area contributed by atoms with E-state index in [2.05, 4.69) is 30.8 Å². The summed E-state index contributed by atoms with van der Waals surface area (Å²) in [4.78, 5) is 10.6. The normalized spacial score (nSPS) is 17.5. The van der Waals surface area contributed by atoms with E-state index in [1.54, 1.807) is 12.4 Å². The van der Waals surface area contributed by atoms with Crippen molar-refractivity contribution in [2.75, 3.05) is 31.2 Å². The first-order chi connectivity index (χ1) is 6.38. The number of aromatic nitrogens is 2. The van der Waals surface area contributed by atoms with Gasteiger partial charge in [0.25, 0.3) is 0 Å². The Labute approximate surface area is 85.1 Å². The molecule has 0 aromatic carbocycles. The number of halogens is 1. The Kier molecular flexibility index (Phi) is 2.75. The Morgan fingerprint density at radius 2 is 1.92 bits per heavy atom. The van der Waals surface area contributed by atoms with Gasteiger partial charge in [0, 0.05) is 25.5 Å². The minimum atomic E-state index is 0.767. The van der Waals surface area contributed by atoms with Crippen molar-refractivity contribution in [2.24, 2.45) is 0 Å². The van der Waals surface area contributed by atoms with Crippen LogP contribution in [0.4, 0.5) is 5.82 Å². The number of rotatable bonds is 1. The van der Waals surface area contributed by atoms with Gasteiger partial charge in [0.2, 0.25) is 0 Å². The van der Waals surface area contributed by atoms with Crippen molar-refractivity contribution >= 4 is 21.7 Å². The molecule has 4 nitrogen and oxygen atoms in total. The quantitative estimate of drug-likeness (QED) is 0.740. The van der Waals surface area contributed by atoms with E-state index in [0.29, 0.717) is 0 Å². The highest BCUT2D eigenvalue weighted by molar-refractivity contribution is 9.10. The molecule has 1 aromatic rings. The van der Waals surface area contributed by atoms with Crippen LogP contribution in [0.15, 0.2) is 17.0 Å².